The molecule has 1 heterocycles. The Morgan fingerprint density at radius 1 is 1.35 bits per heavy atom. The van der Waals surface area contributed by atoms with Crippen molar-refractivity contribution in [3.63, 3.8) is 0 Å². The highest BCUT2D eigenvalue weighted by molar-refractivity contribution is 5.90. The van der Waals surface area contributed by atoms with Gasteiger partial charge in [-0.3, -0.25) is 9.59 Å². The van der Waals surface area contributed by atoms with E-state index in [9.17, 15) is 9.59 Å². The van der Waals surface area contributed by atoms with Crippen molar-refractivity contribution in [3.05, 3.63) is 30.5 Å². The molecule has 0 fully saturated rings. The number of fused-ring (bicyclic) bond motifs is 1. The molecule has 0 atom stereocenters. The monoisotopic (exact) mass is 232 g/mol. The Hall–Kier alpha value is -2.30. The number of nitrogens with two attached hydrogens (primary N) is 1. The quantitative estimate of drug-likeness (QED) is 0.804. The minimum absolute atomic E-state index is 0.0573. The van der Waals surface area contributed by atoms with Crippen LogP contribution in [0.2, 0.25) is 0 Å². The number of ether oxygens (including phenoxy) is 1. The number of hydrogen-bond acceptors (Lipinski definition) is 3. The van der Waals surface area contributed by atoms with Gasteiger partial charge in [-0.05, 0) is 12.1 Å². The fourth-order valence-corrected chi connectivity index (χ4v) is 1.75. The van der Waals surface area contributed by atoms with Gasteiger partial charge in [-0.2, -0.15) is 0 Å². The lowest BCUT2D eigenvalue weighted by Crippen LogP contribution is -2.17. The lowest BCUT2D eigenvalue weighted by atomic mass is 10.2. The SMILES string of the molecule is CC(=O)Oc1cn(CC(N)=O)c2ccccc12. The van der Waals surface area contributed by atoms with E-state index < -0.39 is 11.9 Å². The third kappa shape index (κ3) is 2.28. The minimum atomic E-state index is -0.444. The molecule has 2 N–H and O–H groups in total. The molecule has 5 nitrogen and oxygen atoms in total. The van der Waals surface area contributed by atoms with Gasteiger partial charge in [-0.1, -0.05) is 12.1 Å². The van der Waals surface area contributed by atoms with Crippen molar-refractivity contribution in [2.75, 3.05) is 0 Å². The molecule has 0 unspecified atom stereocenters. The first-order valence-corrected chi connectivity index (χ1v) is 5.12. The first-order valence-electron chi connectivity index (χ1n) is 5.12. The van der Waals surface area contributed by atoms with E-state index in [1.165, 1.54) is 6.92 Å². The van der Waals surface area contributed by atoms with Crippen LogP contribution in [0.4, 0.5) is 0 Å². The number of amides is 1. The predicted octanol–water partition coefficient (Wildman–Crippen LogP) is 1.05. The Morgan fingerprint density at radius 2 is 2.06 bits per heavy atom. The summed E-state index contributed by atoms with van der Waals surface area (Å²) in [5, 5.41) is 0.781. The highest BCUT2D eigenvalue weighted by Gasteiger charge is 2.11. The second kappa shape index (κ2) is 4.29. The predicted molar refractivity (Wildman–Crippen MR) is 62.4 cm³/mol. The molecule has 0 aliphatic rings. The fraction of sp³-hybridized carbons (Fsp3) is 0.167. The van der Waals surface area contributed by atoms with Gasteiger partial charge in [0.1, 0.15) is 6.54 Å². The number of para-hydroxylation sites is 1. The summed E-state index contributed by atoms with van der Waals surface area (Å²) < 4.78 is 6.74. The van der Waals surface area contributed by atoms with Gasteiger partial charge in [0.05, 0.1) is 5.52 Å². The van der Waals surface area contributed by atoms with E-state index in [-0.39, 0.29) is 6.54 Å². The average Bonchev–Trinajstić information content (AvgIpc) is 2.56. The molecular formula is C12H12N2O3. The van der Waals surface area contributed by atoms with Crippen LogP contribution in [0.3, 0.4) is 0 Å². The standard InChI is InChI=1S/C12H12N2O3/c1-8(15)17-11-6-14(7-12(13)16)10-5-3-2-4-9(10)11/h2-6H,7H2,1H3,(H2,13,16). The van der Waals surface area contributed by atoms with E-state index in [1.54, 1.807) is 10.8 Å². The first-order chi connectivity index (χ1) is 8.08. The largest absolute Gasteiger partial charge is 0.424 e. The van der Waals surface area contributed by atoms with E-state index in [2.05, 4.69) is 0 Å². The zero-order chi connectivity index (χ0) is 12.4. The van der Waals surface area contributed by atoms with Gasteiger partial charge in [-0.15, -0.1) is 0 Å². The number of aromatic nitrogens is 1. The number of rotatable bonds is 3. The molecule has 2 rings (SSSR count). The lowest BCUT2D eigenvalue weighted by molar-refractivity contribution is -0.131. The second-order valence-corrected chi connectivity index (χ2v) is 3.70. The highest BCUT2D eigenvalue weighted by Crippen LogP contribution is 2.27. The van der Waals surface area contributed by atoms with Crippen molar-refractivity contribution in [1.29, 1.82) is 0 Å². The first kappa shape index (κ1) is 11.2. The normalized spacial score (nSPS) is 10.4. The van der Waals surface area contributed by atoms with Crippen molar-refractivity contribution < 1.29 is 14.3 Å². The molecular weight excluding hydrogens is 220 g/mol. The molecule has 5 heteroatoms. The molecule has 0 spiro atoms. The number of carbonyl (C=O) groups excluding carboxylic acids is 2. The topological polar surface area (TPSA) is 74.3 Å². The van der Waals surface area contributed by atoms with Crippen molar-refractivity contribution in [2.45, 2.75) is 13.5 Å². The molecule has 0 saturated carbocycles. The Kier molecular flexibility index (Phi) is 2.82. The summed E-state index contributed by atoms with van der Waals surface area (Å²) >= 11 is 0. The van der Waals surface area contributed by atoms with Crippen LogP contribution in [0.5, 0.6) is 5.75 Å². The summed E-state index contributed by atoms with van der Waals surface area (Å²) in [5.41, 5.74) is 5.97. The molecule has 0 saturated heterocycles. The summed E-state index contributed by atoms with van der Waals surface area (Å²) in [4.78, 5) is 21.9. The van der Waals surface area contributed by atoms with Gasteiger partial charge in [-0.25, -0.2) is 0 Å². The number of esters is 1. The van der Waals surface area contributed by atoms with Gasteiger partial charge in [0.15, 0.2) is 5.75 Å². The Bertz CT molecular complexity index is 536. The zero-order valence-corrected chi connectivity index (χ0v) is 9.34. The molecule has 0 aliphatic carbocycles. The smallest absolute Gasteiger partial charge is 0.308 e. The maximum absolute atomic E-state index is 11.0. The lowest BCUT2D eigenvalue weighted by Gasteiger charge is -1.99. The van der Waals surface area contributed by atoms with E-state index in [4.69, 9.17) is 10.5 Å². The van der Waals surface area contributed by atoms with Crippen molar-refractivity contribution in [3.8, 4) is 5.75 Å². The maximum atomic E-state index is 11.0. The van der Waals surface area contributed by atoms with E-state index in [0.29, 0.717) is 5.75 Å². The molecule has 1 aromatic carbocycles. The van der Waals surface area contributed by atoms with Crippen molar-refractivity contribution >= 4 is 22.8 Å². The molecule has 1 aromatic heterocycles. The van der Waals surface area contributed by atoms with Crippen molar-refractivity contribution in [2.24, 2.45) is 5.73 Å². The van der Waals surface area contributed by atoms with Crippen LogP contribution >= 0.6 is 0 Å². The van der Waals surface area contributed by atoms with Crippen LogP contribution in [0.15, 0.2) is 30.5 Å². The van der Waals surface area contributed by atoms with Gasteiger partial charge in [0.2, 0.25) is 5.91 Å². The summed E-state index contributed by atoms with van der Waals surface area (Å²) in [6.45, 7) is 1.39. The van der Waals surface area contributed by atoms with Crippen molar-refractivity contribution in [1.82, 2.24) is 4.57 Å². The van der Waals surface area contributed by atoms with Crippen LogP contribution in [0.1, 0.15) is 6.92 Å². The summed E-state index contributed by atoms with van der Waals surface area (Å²) in [7, 11) is 0. The Balaban J connectivity index is 2.53. The van der Waals surface area contributed by atoms with Gasteiger partial charge < -0.3 is 15.0 Å². The maximum Gasteiger partial charge on any atom is 0.308 e. The second-order valence-electron chi connectivity index (χ2n) is 3.70. The van der Waals surface area contributed by atoms with Crippen LogP contribution in [-0.4, -0.2) is 16.4 Å². The molecule has 1 amide bonds. The molecule has 17 heavy (non-hydrogen) atoms. The minimum Gasteiger partial charge on any atom is -0.424 e. The van der Waals surface area contributed by atoms with Gasteiger partial charge >= 0.3 is 5.97 Å². The van der Waals surface area contributed by atoms with Crippen LogP contribution in [-0.2, 0) is 16.1 Å². The molecule has 0 radical (unpaired) electrons. The third-order valence-electron chi connectivity index (χ3n) is 2.33. The number of primary amides is 1. The van der Waals surface area contributed by atoms with E-state index in [1.807, 2.05) is 24.3 Å². The summed E-state index contributed by atoms with van der Waals surface area (Å²) in [6.07, 6.45) is 1.61. The van der Waals surface area contributed by atoms with Crippen LogP contribution in [0.25, 0.3) is 10.9 Å². The van der Waals surface area contributed by atoms with Gasteiger partial charge in [0, 0.05) is 18.5 Å². The third-order valence-corrected chi connectivity index (χ3v) is 2.33. The molecule has 0 aliphatic heterocycles. The number of nitrogens with zero attached hydrogens (tertiary/aromatic N) is 1. The fourth-order valence-electron chi connectivity index (χ4n) is 1.75. The molecule has 2 aromatic rings. The van der Waals surface area contributed by atoms with E-state index >= 15 is 0 Å². The number of carbonyl (C=O) groups is 2. The average molecular weight is 232 g/mol. The zero-order valence-electron chi connectivity index (χ0n) is 9.34. The Labute approximate surface area is 97.8 Å². The number of benzene rings is 1. The summed E-state index contributed by atoms with van der Waals surface area (Å²) in [6, 6.07) is 7.34. The Morgan fingerprint density at radius 3 is 2.71 bits per heavy atom. The molecule has 88 valence electrons. The van der Waals surface area contributed by atoms with E-state index in [0.717, 1.165) is 10.9 Å². The van der Waals surface area contributed by atoms with Crippen LogP contribution < -0.4 is 10.5 Å². The highest BCUT2D eigenvalue weighted by atomic mass is 16.5. The number of hydrogen-bond donors (Lipinski definition) is 1. The van der Waals surface area contributed by atoms with Crippen LogP contribution in [0, 0.1) is 0 Å². The summed E-state index contributed by atoms with van der Waals surface area (Å²) in [5.74, 6) is -0.401. The molecule has 0 bridgehead atoms. The van der Waals surface area contributed by atoms with Gasteiger partial charge in [0.25, 0.3) is 0 Å².